The summed E-state index contributed by atoms with van der Waals surface area (Å²) in [6.07, 6.45) is -0.407. The van der Waals surface area contributed by atoms with Crippen LogP contribution in [0.4, 0.5) is 15.8 Å². The first kappa shape index (κ1) is 15.8. The number of hydrogen-bond acceptors (Lipinski definition) is 3. The number of aliphatic carboxylic acids is 1. The average molecular weight is 324 g/mol. The van der Waals surface area contributed by atoms with Crippen molar-refractivity contribution < 1.29 is 24.2 Å². The molecule has 0 spiro atoms. The molecule has 3 N–H and O–H groups in total. The third-order valence-electron chi connectivity index (χ3n) is 2.92. The molecule has 2 aromatic carbocycles. The number of hydrogen-bond donors (Lipinski definition) is 3. The monoisotopic (exact) mass is 323 g/mol. The van der Waals surface area contributed by atoms with Crippen LogP contribution in [0.2, 0.25) is 5.02 Å². The van der Waals surface area contributed by atoms with Crippen molar-refractivity contribution in [3.63, 3.8) is 0 Å². The highest BCUT2D eigenvalue weighted by Gasteiger charge is 2.14. The fourth-order valence-electron chi connectivity index (χ4n) is 1.91. The summed E-state index contributed by atoms with van der Waals surface area (Å²) in [4.78, 5) is 21.9. The molecule has 0 saturated carbocycles. The van der Waals surface area contributed by atoms with Crippen molar-refractivity contribution in [1.29, 1.82) is 0 Å². The van der Waals surface area contributed by atoms with Gasteiger partial charge in [0.2, 0.25) is 0 Å². The molecule has 7 heteroatoms. The van der Waals surface area contributed by atoms with Crippen molar-refractivity contribution in [1.82, 2.24) is 0 Å². The summed E-state index contributed by atoms with van der Waals surface area (Å²) in [5.41, 5.74) is 0.437. The third-order valence-corrected chi connectivity index (χ3v) is 3.23. The molecule has 0 bridgehead atoms. The van der Waals surface area contributed by atoms with Gasteiger partial charge in [-0.25, -0.2) is 9.18 Å². The highest BCUT2D eigenvalue weighted by molar-refractivity contribution is 6.33. The molecule has 114 valence electrons. The summed E-state index contributed by atoms with van der Waals surface area (Å²) in [7, 11) is 0. The van der Waals surface area contributed by atoms with Gasteiger partial charge in [-0.15, -0.1) is 0 Å². The Kier molecular flexibility index (Phi) is 4.62. The highest BCUT2D eigenvalue weighted by Crippen LogP contribution is 2.30. The van der Waals surface area contributed by atoms with E-state index in [1.807, 2.05) is 0 Å². The SMILES string of the molecule is O=C(O)Cc1cc(C(=O)O)ccc1Nc1c(F)cccc1Cl. The minimum Gasteiger partial charge on any atom is -0.481 e. The first-order chi connectivity index (χ1) is 10.4. The minimum absolute atomic E-state index is 0.00104. The zero-order valence-corrected chi connectivity index (χ0v) is 11.9. The number of aromatic carboxylic acids is 1. The van der Waals surface area contributed by atoms with Crippen molar-refractivity contribution in [2.24, 2.45) is 0 Å². The molecule has 0 unspecified atom stereocenters. The Bertz CT molecular complexity index is 728. The van der Waals surface area contributed by atoms with Gasteiger partial charge < -0.3 is 15.5 Å². The van der Waals surface area contributed by atoms with Crippen LogP contribution in [0.3, 0.4) is 0 Å². The molecule has 0 aliphatic carbocycles. The van der Waals surface area contributed by atoms with Crippen LogP contribution in [0, 0.1) is 5.82 Å². The van der Waals surface area contributed by atoms with E-state index in [0.29, 0.717) is 0 Å². The highest BCUT2D eigenvalue weighted by atomic mass is 35.5. The van der Waals surface area contributed by atoms with Crippen molar-refractivity contribution in [2.75, 3.05) is 5.32 Å². The topological polar surface area (TPSA) is 86.6 Å². The first-order valence-corrected chi connectivity index (χ1v) is 6.55. The van der Waals surface area contributed by atoms with Crippen molar-refractivity contribution >= 4 is 34.9 Å². The van der Waals surface area contributed by atoms with E-state index in [4.69, 9.17) is 21.8 Å². The van der Waals surface area contributed by atoms with Crippen LogP contribution in [-0.4, -0.2) is 22.2 Å². The van der Waals surface area contributed by atoms with E-state index in [9.17, 15) is 14.0 Å². The van der Waals surface area contributed by atoms with Crippen LogP contribution in [0.15, 0.2) is 36.4 Å². The summed E-state index contributed by atoms with van der Waals surface area (Å²) in [6, 6.07) is 8.03. The standard InChI is InChI=1S/C15H11ClFNO4/c16-10-2-1-3-11(17)14(10)18-12-5-4-8(15(21)22)6-9(12)7-13(19)20/h1-6,18H,7H2,(H,19,20)(H,21,22). The maximum Gasteiger partial charge on any atom is 0.335 e. The summed E-state index contributed by atoms with van der Waals surface area (Å²) in [5, 5.41) is 20.7. The Hall–Kier alpha value is -2.60. The largest absolute Gasteiger partial charge is 0.481 e. The number of benzene rings is 2. The van der Waals surface area contributed by atoms with E-state index in [1.165, 1.54) is 36.4 Å². The Morgan fingerprint density at radius 3 is 2.50 bits per heavy atom. The normalized spacial score (nSPS) is 10.3. The lowest BCUT2D eigenvalue weighted by Crippen LogP contribution is -2.07. The Morgan fingerprint density at radius 2 is 1.91 bits per heavy atom. The van der Waals surface area contributed by atoms with E-state index in [2.05, 4.69) is 5.32 Å². The molecule has 0 saturated heterocycles. The third kappa shape index (κ3) is 3.53. The van der Waals surface area contributed by atoms with Gasteiger partial charge >= 0.3 is 11.9 Å². The van der Waals surface area contributed by atoms with Gasteiger partial charge in [0.15, 0.2) is 0 Å². The van der Waals surface area contributed by atoms with Crippen molar-refractivity contribution in [3.05, 3.63) is 58.4 Å². The summed E-state index contributed by atoms with van der Waals surface area (Å²) >= 11 is 5.91. The molecule has 2 aromatic rings. The van der Waals surface area contributed by atoms with Crippen LogP contribution < -0.4 is 5.32 Å². The second-order valence-electron chi connectivity index (χ2n) is 4.47. The number of carboxylic acid groups (broad SMARTS) is 2. The van der Waals surface area contributed by atoms with Gasteiger partial charge in [0.05, 0.1) is 22.7 Å². The molecule has 0 aliphatic heterocycles. The first-order valence-electron chi connectivity index (χ1n) is 6.17. The molecule has 0 fully saturated rings. The van der Waals surface area contributed by atoms with E-state index in [-0.39, 0.29) is 27.5 Å². The number of anilines is 2. The molecule has 0 radical (unpaired) electrons. The van der Waals surface area contributed by atoms with Gasteiger partial charge in [-0.3, -0.25) is 4.79 Å². The van der Waals surface area contributed by atoms with Gasteiger partial charge in [0.25, 0.3) is 0 Å². The van der Waals surface area contributed by atoms with Crippen LogP contribution in [-0.2, 0) is 11.2 Å². The average Bonchev–Trinajstić information content (AvgIpc) is 2.43. The van der Waals surface area contributed by atoms with Crippen LogP contribution >= 0.6 is 11.6 Å². The fourth-order valence-corrected chi connectivity index (χ4v) is 2.12. The van der Waals surface area contributed by atoms with E-state index in [0.717, 1.165) is 0 Å². The molecule has 5 nitrogen and oxygen atoms in total. The number of carboxylic acids is 2. The predicted octanol–water partition coefficient (Wildman–Crippen LogP) is 3.55. The number of rotatable bonds is 5. The Labute approximate surface area is 130 Å². The van der Waals surface area contributed by atoms with Gasteiger partial charge in [-0.05, 0) is 35.9 Å². The molecule has 0 aromatic heterocycles. The second-order valence-corrected chi connectivity index (χ2v) is 4.88. The minimum atomic E-state index is -1.18. The van der Waals surface area contributed by atoms with Crippen LogP contribution in [0.1, 0.15) is 15.9 Å². The Morgan fingerprint density at radius 1 is 1.18 bits per heavy atom. The molecule has 0 atom stereocenters. The van der Waals surface area contributed by atoms with Gasteiger partial charge in [-0.2, -0.15) is 0 Å². The molecular formula is C15H11ClFNO4. The number of halogens is 2. The summed E-state index contributed by atoms with van der Waals surface area (Å²) in [5.74, 6) is -2.91. The lowest BCUT2D eigenvalue weighted by molar-refractivity contribution is -0.136. The van der Waals surface area contributed by atoms with Crippen molar-refractivity contribution in [2.45, 2.75) is 6.42 Å². The summed E-state index contributed by atoms with van der Waals surface area (Å²) in [6.45, 7) is 0. The lowest BCUT2D eigenvalue weighted by atomic mass is 10.1. The van der Waals surface area contributed by atoms with Gasteiger partial charge in [0.1, 0.15) is 5.82 Å². The number of para-hydroxylation sites is 1. The van der Waals surface area contributed by atoms with Crippen molar-refractivity contribution in [3.8, 4) is 0 Å². The quantitative estimate of drug-likeness (QED) is 0.783. The Balaban J connectivity index is 2.45. The smallest absolute Gasteiger partial charge is 0.335 e. The number of carbonyl (C=O) groups is 2. The lowest BCUT2D eigenvalue weighted by Gasteiger charge is -2.13. The molecule has 2 rings (SSSR count). The van der Waals surface area contributed by atoms with Gasteiger partial charge in [0, 0.05) is 5.69 Å². The maximum absolute atomic E-state index is 13.8. The van der Waals surface area contributed by atoms with Crippen LogP contribution in [0.25, 0.3) is 0 Å². The molecule has 0 heterocycles. The zero-order chi connectivity index (χ0) is 16.3. The number of nitrogens with one attached hydrogen (secondary N) is 1. The molecule has 0 amide bonds. The van der Waals surface area contributed by atoms with E-state index < -0.39 is 24.2 Å². The summed E-state index contributed by atoms with van der Waals surface area (Å²) < 4.78 is 13.8. The van der Waals surface area contributed by atoms with E-state index >= 15 is 0 Å². The van der Waals surface area contributed by atoms with Crippen LogP contribution in [0.5, 0.6) is 0 Å². The zero-order valence-electron chi connectivity index (χ0n) is 11.1. The predicted molar refractivity (Wildman–Crippen MR) is 79.4 cm³/mol. The fraction of sp³-hybridized carbons (Fsp3) is 0.0667. The maximum atomic E-state index is 13.8. The molecular weight excluding hydrogens is 313 g/mol. The van der Waals surface area contributed by atoms with Gasteiger partial charge in [-0.1, -0.05) is 17.7 Å². The molecule has 0 aliphatic rings. The second kappa shape index (κ2) is 6.44. The molecule has 22 heavy (non-hydrogen) atoms. The van der Waals surface area contributed by atoms with E-state index in [1.54, 1.807) is 0 Å².